The smallest absolute Gasteiger partial charge is 0.293 e. The van der Waals surface area contributed by atoms with Crippen LogP contribution >= 0.6 is 0 Å². The number of nitrogens with two attached hydrogens (primary N) is 1. The normalized spacial score (nSPS) is 14.8. The van der Waals surface area contributed by atoms with E-state index in [4.69, 9.17) is 10.4 Å². The van der Waals surface area contributed by atoms with Crippen LogP contribution < -0.4 is 11.2 Å². The SMILES string of the molecule is CC(=NNC(=O)c1nnn(-c2nonc2N)c1CN1CCCCC1)c1ccc(-n2cnnn2)cc1. The van der Waals surface area contributed by atoms with Crippen molar-refractivity contribution in [1.29, 1.82) is 0 Å². The summed E-state index contributed by atoms with van der Waals surface area (Å²) in [5.74, 6) is -0.255. The molecule has 0 radical (unpaired) electrons. The van der Waals surface area contributed by atoms with E-state index in [0.29, 0.717) is 18.0 Å². The Kier molecular flexibility index (Phi) is 6.21. The summed E-state index contributed by atoms with van der Waals surface area (Å²) < 4.78 is 7.65. The Labute approximate surface area is 198 Å². The zero-order valence-electron chi connectivity index (χ0n) is 18.9. The number of aromatic nitrogens is 9. The van der Waals surface area contributed by atoms with Crippen molar-refractivity contribution >= 4 is 17.4 Å². The van der Waals surface area contributed by atoms with E-state index in [1.807, 2.05) is 24.3 Å². The van der Waals surface area contributed by atoms with Crippen molar-refractivity contribution in [2.75, 3.05) is 18.8 Å². The minimum Gasteiger partial charge on any atom is -0.378 e. The summed E-state index contributed by atoms with van der Waals surface area (Å²) in [7, 11) is 0. The lowest BCUT2D eigenvalue weighted by molar-refractivity contribution is 0.0947. The molecule has 3 aromatic heterocycles. The van der Waals surface area contributed by atoms with Crippen molar-refractivity contribution in [2.45, 2.75) is 32.7 Å². The maximum atomic E-state index is 13.1. The molecule has 0 bridgehead atoms. The van der Waals surface area contributed by atoms with E-state index in [9.17, 15) is 4.79 Å². The van der Waals surface area contributed by atoms with Crippen LogP contribution in [0.2, 0.25) is 0 Å². The van der Waals surface area contributed by atoms with Gasteiger partial charge in [0.1, 0.15) is 6.33 Å². The van der Waals surface area contributed by atoms with Crippen LogP contribution in [0.5, 0.6) is 0 Å². The van der Waals surface area contributed by atoms with E-state index >= 15 is 0 Å². The quantitative estimate of drug-likeness (QED) is 0.276. The second kappa shape index (κ2) is 9.76. The molecule has 15 nitrogen and oxygen atoms in total. The second-order valence-corrected chi connectivity index (χ2v) is 8.05. The largest absolute Gasteiger partial charge is 0.378 e. The first-order chi connectivity index (χ1) is 17.1. The zero-order chi connectivity index (χ0) is 24.2. The highest BCUT2D eigenvalue weighted by Crippen LogP contribution is 2.20. The van der Waals surface area contributed by atoms with Gasteiger partial charge in [0, 0.05) is 6.54 Å². The molecule has 0 unspecified atom stereocenters. The summed E-state index contributed by atoms with van der Waals surface area (Å²) in [6.07, 6.45) is 4.87. The van der Waals surface area contributed by atoms with Crippen LogP contribution in [0.1, 0.15) is 47.9 Å². The summed E-state index contributed by atoms with van der Waals surface area (Å²) in [5.41, 5.74) is 11.3. The van der Waals surface area contributed by atoms with E-state index in [2.05, 4.69) is 51.6 Å². The van der Waals surface area contributed by atoms with Gasteiger partial charge in [-0.25, -0.2) is 14.7 Å². The summed E-state index contributed by atoms with van der Waals surface area (Å²) in [6.45, 7) is 4.07. The van der Waals surface area contributed by atoms with E-state index in [1.54, 1.807) is 11.6 Å². The standard InChI is InChI=1S/C20H23N13O2/c1-13(14-5-7-15(8-6-14)32-12-22-28-30-32)23-25-20(34)17-16(11-31-9-3-2-4-10-31)33(29-24-17)19-18(21)26-35-27-19/h5-8,12H,2-4,9-11H2,1H3,(H2,21,26)(H,25,34). The van der Waals surface area contributed by atoms with Crippen LogP contribution in [0.15, 0.2) is 40.3 Å². The van der Waals surface area contributed by atoms with E-state index in [-0.39, 0.29) is 17.3 Å². The summed E-state index contributed by atoms with van der Waals surface area (Å²) >= 11 is 0. The molecular weight excluding hydrogens is 454 g/mol. The predicted molar refractivity (Wildman–Crippen MR) is 122 cm³/mol. The number of anilines is 1. The van der Waals surface area contributed by atoms with Crippen LogP contribution in [-0.4, -0.2) is 75.1 Å². The van der Waals surface area contributed by atoms with E-state index in [1.165, 1.54) is 17.4 Å². The Hall–Kier alpha value is -4.53. The number of hydrazone groups is 1. The Bertz CT molecular complexity index is 1320. The van der Waals surface area contributed by atoms with Crippen molar-refractivity contribution in [3.63, 3.8) is 0 Å². The number of rotatable bonds is 7. The number of nitrogens with one attached hydrogen (secondary N) is 1. The molecule has 35 heavy (non-hydrogen) atoms. The zero-order valence-corrected chi connectivity index (χ0v) is 18.9. The fourth-order valence-electron chi connectivity index (χ4n) is 3.84. The first-order valence-corrected chi connectivity index (χ1v) is 11.0. The molecule has 1 saturated heterocycles. The third-order valence-electron chi connectivity index (χ3n) is 5.72. The number of piperidine rings is 1. The van der Waals surface area contributed by atoms with Crippen LogP contribution in [0.3, 0.4) is 0 Å². The molecule has 180 valence electrons. The average Bonchev–Trinajstić information content (AvgIpc) is 3.65. The predicted octanol–water partition coefficient (Wildman–Crippen LogP) is 0.348. The molecule has 0 spiro atoms. The van der Waals surface area contributed by atoms with Gasteiger partial charge in [0.15, 0.2) is 5.69 Å². The topological polar surface area (TPSA) is 184 Å². The maximum Gasteiger partial charge on any atom is 0.293 e. The number of hydrogen-bond donors (Lipinski definition) is 2. The van der Waals surface area contributed by atoms with Gasteiger partial charge in [-0.15, -0.1) is 10.2 Å². The molecule has 3 N–H and O–H groups in total. The fraction of sp³-hybridized carbons (Fsp3) is 0.350. The van der Waals surface area contributed by atoms with Crippen molar-refractivity contribution in [3.05, 3.63) is 47.5 Å². The first kappa shape index (κ1) is 22.3. The number of likely N-dealkylation sites (tertiary alicyclic amines) is 1. The molecule has 15 heteroatoms. The summed E-state index contributed by atoms with van der Waals surface area (Å²) in [5, 5.41) is 31.0. The Morgan fingerprint density at radius 1 is 1.14 bits per heavy atom. The third-order valence-corrected chi connectivity index (χ3v) is 5.72. The molecule has 0 atom stereocenters. The molecule has 1 aliphatic rings. The van der Waals surface area contributed by atoms with Gasteiger partial charge in [-0.2, -0.15) is 9.78 Å². The molecule has 1 amide bonds. The minimum atomic E-state index is -0.497. The van der Waals surface area contributed by atoms with Gasteiger partial charge in [0.05, 0.1) is 17.1 Å². The number of carbonyl (C=O) groups is 1. The van der Waals surface area contributed by atoms with Gasteiger partial charge in [-0.05, 0) is 71.3 Å². The van der Waals surface area contributed by atoms with Gasteiger partial charge in [-0.3, -0.25) is 9.69 Å². The highest BCUT2D eigenvalue weighted by Gasteiger charge is 2.26. The maximum absolute atomic E-state index is 13.1. The lowest BCUT2D eigenvalue weighted by Gasteiger charge is -2.26. The van der Waals surface area contributed by atoms with Crippen molar-refractivity contribution in [1.82, 2.24) is 55.8 Å². The number of hydrogen-bond acceptors (Lipinski definition) is 12. The number of amides is 1. The van der Waals surface area contributed by atoms with Crippen LogP contribution in [0.4, 0.5) is 5.82 Å². The molecular formula is C20H23N13O2. The number of tetrazole rings is 1. The van der Waals surface area contributed by atoms with Crippen molar-refractivity contribution in [2.24, 2.45) is 5.10 Å². The van der Waals surface area contributed by atoms with Crippen molar-refractivity contribution < 1.29 is 9.42 Å². The molecule has 5 rings (SSSR count). The first-order valence-electron chi connectivity index (χ1n) is 11.0. The summed E-state index contributed by atoms with van der Waals surface area (Å²) in [6, 6.07) is 7.43. The fourth-order valence-corrected chi connectivity index (χ4v) is 3.84. The molecule has 1 aliphatic heterocycles. The Morgan fingerprint density at radius 2 is 1.94 bits per heavy atom. The molecule has 1 fully saturated rings. The highest BCUT2D eigenvalue weighted by atomic mass is 16.6. The van der Waals surface area contributed by atoms with Crippen molar-refractivity contribution in [3.8, 4) is 11.5 Å². The Balaban J connectivity index is 1.36. The Morgan fingerprint density at radius 3 is 2.63 bits per heavy atom. The summed E-state index contributed by atoms with van der Waals surface area (Å²) in [4.78, 5) is 15.3. The highest BCUT2D eigenvalue weighted by molar-refractivity contribution is 6.00. The average molecular weight is 477 g/mol. The van der Waals surface area contributed by atoms with Crippen LogP contribution in [0, 0.1) is 0 Å². The molecule has 4 heterocycles. The number of nitrogen functional groups attached to an aromatic ring is 1. The van der Waals surface area contributed by atoms with Gasteiger partial charge in [0.2, 0.25) is 11.6 Å². The van der Waals surface area contributed by atoms with Gasteiger partial charge in [0.25, 0.3) is 5.91 Å². The monoisotopic (exact) mass is 477 g/mol. The number of benzene rings is 1. The number of carbonyl (C=O) groups excluding carboxylic acids is 1. The molecule has 1 aromatic carbocycles. The van der Waals surface area contributed by atoms with Crippen LogP contribution in [0.25, 0.3) is 11.5 Å². The van der Waals surface area contributed by atoms with Crippen LogP contribution in [-0.2, 0) is 6.54 Å². The lowest BCUT2D eigenvalue weighted by Crippen LogP contribution is -2.31. The molecule has 0 aliphatic carbocycles. The van der Waals surface area contributed by atoms with Gasteiger partial charge >= 0.3 is 0 Å². The molecule has 4 aromatic rings. The number of nitrogens with zero attached hydrogens (tertiary/aromatic N) is 11. The lowest BCUT2D eigenvalue weighted by atomic mass is 10.1. The second-order valence-electron chi connectivity index (χ2n) is 8.05. The minimum absolute atomic E-state index is 0.0562. The van der Waals surface area contributed by atoms with E-state index < -0.39 is 5.91 Å². The molecule has 0 saturated carbocycles. The van der Waals surface area contributed by atoms with E-state index in [0.717, 1.165) is 37.2 Å². The van der Waals surface area contributed by atoms with Gasteiger partial charge in [-0.1, -0.05) is 23.8 Å². The third kappa shape index (κ3) is 4.74. The van der Waals surface area contributed by atoms with Gasteiger partial charge < -0.3 is 5.73 Å².